The Labute approximate surface area is 98.9 Å². The van der Waals surface area contributed by atoms with Crippen LogP contribution in [0.15, 0.2) is 24.5 Å². The topological polar surface area (TPSA) is 55.1 Å². The van der Waals surface area contributed by atoms with E-state index >= 15 is 0 Å². The second-order valence-corrected chi connectivity index (χ2v) is 4.71. The largest absolute Gasteiger partial charge is 0.478 e. The molecule has 1 heterocycles. The molecule has 17 heavy (non-hydrogen) atoms. The van der Waals surface area contributed by atoms with Gasteiger partial charge in [0.05, 0.1) is 22.9 Å². The van der Waals surface area contributed by atoms with E-state index in [9.17, 15) is 9.90 Å². The van der Waals surface area contributed by atoms with Gasteiger partial charge >= 0.3 is 5.97 Å². The quantitative estimate of drug-likeness (QED) is 0.882. The highest BCUT2D eigenvalue weighted by molar-refractivity contribution is 6.01. The van der Waals surface area contributed by atoms with Gasteiger partial charge in [-0.25, -0.2) is 9.78 Å². The van der Waals surface area contributed by atoms with E-state index < -0.39 is 5.97 Å². The number of benzene rings is 1. The number of imidazole rings is 1. The van der Waals surface area contributed by atoms with Crippen molar-refractivity contribution in [1.29, 1.82) is 0 Å². The summed E-state index contributed by atoms with van der Waals surface area (Å²) in [5.74, 6) is -0.213. The molecule has 2 aromatic rings. The summed E-state index contributed by atoms with van der Waals surface area (Å²) in [4.78, 5) is 15.5. The van der Waals surface area contributed by atoms with Gasteiger partial charge in [0.1, 0.15) is 0 Å². The molecule has 1 unspecified atom stereocenters. The van der Waals surface area contributed by atoms with Gasteiger partial charge in [-0.05, 0) is 37.8 Å². The summed E-state index contributed by atoms with van der Waals surface area (Å²) >= 11 is 0. The summed E-state index contributed by atoms with van der Waals surface area (Å²) < 4.78 is 2.01. The monoisotopic (exact) mass is 230 g/mol. The van der Waals surface area contributed by atoms with Crippen LogP contribution in [0.5, 0.6) is 0 Å². The van der Waals surface area contributed by atoms with E-state index in [-0.39, 0.29) is 0 Å². The number of aromatic carboxylic acids is 1. The number of fused-ring (bicyclic) bond motifs is 1. The maximum absolute atomic E-state index is 11.2. The number of aromatic nitrogens is 2. The van der Waals surface area contributed by atoms with E-state index in [1.807, 2.05) is 10.6 Å². The van der Waals surface area contributed by atoms with Crippen molar-refractivity contribution in [3.63, 3.8) is 0 Å². The average Bonchev–Trinajstić information content (AvgIpc) is 3.07. The molecular formula is C13H14N2O2. The predicted molar refractivity (Wildman–Crippen MR) is 64.1 cm³/mol. The summed E-state index contributed by atoms with van der Waals surface area (Å²) in [6.45, 7) is 2.14. The van der Waals surface area contributed by atoms with Crippen LogP contribution in [-0.4, -0.2) is 20.6 Å². The van der Waals surface area contributed by atoms with Gasteiger partial charge in [0, 0.05) is 6.04 Å². The third-order valence-corrected chi connectivity index (χ3v) is 3.57. The zero-order chi connectivity index (χ0) is 12.0. The first-order chi connectivity index (χ1) is 8.18. The molecule has 88 valence electrons. The summed E-state index contributed by atoms with van der Waals surface area (Å²) in [5, 5.41) is 9.22. The molecule has 4 nitrogen and oxygen atoms in total. The lowest BCUT2D eigenvalue weighted by molar-refractivity contribution is 0.0698. The molecule has 0 amide bonds. The Hall–Kier alpha value is -1.84. The zero-order valence-electron chi connectivity index (χ0n) is 9.63. The van der Waals surface area contributed by atoms with E-state index in [2.05, 4.69) is 11.9 Å². The van der Waals surface area contributed by atoms with Crippen molar-refractivity contribution < 1.29 is 9.90 Å². The summed E-state index contributed by atoms with van der Waals surface area (Å²) in [5.41, 5.74) is 1.85. The Balaban J connectivity index is 2.21. The molecule has 1 aromatic carbocycles. The minimum atomic E-state index is -0.889. The lowest BCUT2D eigenvalue weighted by Crippen LogP contribution is -2.08. The third kappa shape index (κ3) is 1.60. The fraction of sp³-hybridized carbons (Fsp3) is 0.385. The second-order valence-electron chi connectivity index (χ2n) is 4.71. The Morgan fingerprint density at radius 3 is 2.94 bits per heavy atom. The molecule has 0 bridgehead atoms. The molecule has 0 radical (unpaired) electrons. The fourth-order valence-corrected chi connectivity index (χ4v) is 2.38. The first-order valence-electron chi connectivity index (χ1n) is 5.87. The molecule has 1 N–H and O–H groups in total. The first-order valence-corrected chi connectivity index (χ1v) is 5.87. The van der Waals surface area contributed by atoms with Gasteiger partial charge < -0.3 is 9.67 Å². The van der Waals surface area contributed by atoms with Crippen LogP contribution in [0.2, 0.25) is 0 Å². The highest BCUT2D eigenvalue weighted by Crippen LogP contribution is 2.40. The lowest BCUT2D eigenvalue weighted by Gasteiger charge is -2.14. The van der Waals surface area contributed by atoms with E-state index in [1.165, 1.54) is 12.8 Å². The van der Waals surface area contributed by atoms with Crippen LogP contribution in [0.4, 0.5) is 0 Å². The third-order valence-electron chi connectivity index (χ3n) is 3.57. The van der Waals surface area contributed by atoms with Gasteiger partial charge in [-0.15, -0.1) is 0 Å². The van der Waals surface area contributed by atoms with Gasteiger partial charge in [-0.2, -0.15) is 0 Å². The van der Waals surface area contributed by atoms with Crippen LogP contribution in [0.25, 0.3) is 11.0 Å². The fourth-order valence-electron chi connectivity index (χ4n) is 2.38. The molecule has 0 aliphatic heterocycles. The summed E-state index contributed by atoms with van der Waals surface area (Å²) in [7, 11) is 0. The molecule has 1 saturated carbocycles. The molecule has 1 atom stereocenters. The molecule has 1 aliphatic rings. The highest BCUT2D eigenvalue weighted by atomic mass is 16.4. The minimum absolute atomic E-state index is 0.334. The zero-order valence-corrected chi connectivity index (χ0v) is 9.63. The number of carboxylic acids is 1. The molecule has 3 rings (SSSR count). The second kappa shape index (κ2) is 3.58. The Morgan fingerprint density at radius 2 is 2.29 bits per heavy atom. The highest BCUT2D eigenvalue weighted by Gasteiger charge is 2.30. The molecule has 0 spiro atoms. The standard InChI is InChI=1S/C13H14N2O2/c1-8(9-5-6-9)15-7-14-11-4-2-3-10(12(11)15)13(16)17/h2-4,7-9H,5-6H2,1H3,(H,16,17). The number of hydrogen-bond donors (Lipinski definition) is 1. The van der Waals surface area contributed by atoms with Crippen LogP contribution >= 0.6 is 0 Å². The van der Waals surface area contributed by atoms with Crippen molar-refractivity contribution in [2.75, 3.05) is 0 Å². The van der Waals surface area contributed by atoms with Crippen LogP contribution in [0.3, 0.4) is 0 Å². The van der Waals surface area contributed by atoms with Crippen LogP contribution in [-0.2, 0) is 0 Å². The summed E-state index contributed by atoms with van der Waals surface area (Å²) in [6.07, 6.45) is 4.23. The maximum Gasteiger partial charge on any atom is 0.337 e. The molecular weight excluding hydrogens is 216 g/mol. The van der Waals surface area contributed by atoms with Gasteiger partial charge in [-0.3, -0.25) is 0 Å². The average molecular weight is 230 g/mol. The van der Waals surface area contributed by atoms with Crippen LogP contribution < -0.4 is 0 Å². The lowest BCUT2D eigenvalue weighted by atomic mass is 10.1. The smallest absolute Gasteiger partial charge is 0.337 e. The van der Waals surface area contributed by atoms with Crippen molar-refractivity contribution in [3.05, 3.63) is 30.1 Å². The molecule has 4 heteroatoms. The number of para-hydroxylation sites is 1. The maximum atomic E-state index is 11.2. The van der Waals surface area contributed by atoms with Crippen molar-refractivity contribution in [1.82, 2.24) is 9.55 Å². The van der Waals surface area contributed by atoms with Gasteiger partial charge in [0.15, 0.2) is 0 Å². The van der Waals surface area contributed by atoms with E-state index in [0.717, 1.165) is 11.0 Å². The predicted octanol–water partition coefficient (Wildman–Crippen LogP) is 2.71. The van der Waals surface area contributed by atoms with Crippen molar-refractivity contribution >= 4 is 17.0 Å². The number of nitrogens with zero attached hydrogens (tertiary/aromatic N) is 2. The number of rotatable bonds is 3. The van der Waals surface area contributed by atoms with Crippen molar-refractivity contribution in [2.24, 2.45) is 5.92 Å². The van der Waals surface area contributed by atoms with Crippen molar-refractivity contribution in [3.8, 4) is 0 Å². The number of carbonyl (C=O) groups is 1. The molecule has 1 fully saturated rings. The van der Waals surface area contributed by atoms with E-state index in [1.54, 1.807) is 18.5 Å². The molecule has 0 saturated heterocycles. The number of hydrogen-bond acceptors (Lipinski definition) is 2. The first kappa shape index (κ1) is 10.3. The van der Waals surface area contributed by atoms with Gasteiger partial charge in [0.2, 0.25) is 0 Å². The van der Waals surface area contributed by atoms with E-state index in [4.69, 9.17) is 0 Å². The molecule has 1 aromatic heterocycles. The van der Waals surface area contributed by atoms with Gasteiger partial charge in [0.25, 0.3) is 0 Å². The molecule has 1 aliphatic carbocycles. The minimum Gasteiger partial charge on any atom is -0.478 e. The normalized spacial score (nSPS) is 17.2. The number of carboxylic acid groups (broad SMARTS) is 1. The van der Waals surface area contributed by atoms with Crippen LogP contribution in [0.1, 0.15) is 36.2 Å². The van der Waals surface area contributed by atoms with Crippen molar-refractivity contribution in [2.45, 2.75) is 25.8 Å². The Morgan fingerprint density at radius 1 is 1.53 bits per heavy atom. The van der Waals surface area contributed by atoms with E-state index in [0.29, 0.717) is 17.5 Å². The van der Waals surface area contributed by atoms with Crippen LogP contribution in [0, 0.1) is 5.92 Å². The Bertz CT molecular complexity index is 584. The SMILES string of the molecule is CC(C1CC1)n1cnc2cccc(C(=O)O)c21. The van der Waals surface area contributed by atoms with Gasteiger partial charge in [-0.1, -0.05) is 6.07 Å². The Kier molecular flexibility index (Phi) is 2.18. The summed E-state index contributed by atoms with van der Waals surface area (Å²) in [6, 6.07) is 5.58.